The lowest BCUT2D eigenvalue weighted by molar-refractivity contribution is -0.136. The number of carboxylic acid groups (broad SMARTS) is 1. The van der Waals surface area contributed by atoms with E-state index in [1.165, 1.54) is 6.07 Å². The molecule has 1 aliphatic heterocycles. The molecule has 0 saturated carbocycles. The van der Waals surface area contributed by atoms with Crippen LogP contribution in [-0.4, -0.2) is 29.1 Å². The Kier molecular flexibility index (Phi) is 4.57. The summed E-state index contributed by atoms with van der Waals surface area (Å²) in [6, 6.07) is 6.48. The maximum atomic E-state index is 13.6. The van der Waals surface area contributed by atoms with Crippen molar-refractivity contribution < 1.29 is 14.3 Å². The molecule has 1 heterocycles. The SMILES string of the molecule is O=NC1=C(CC(=O)O)CN(Cc2ccccc2F)CC1. The third kappa shape index (κ3) is 3.48. The topological polar surface area (TPSA) is 70.0 Å². The summed E-state index contributed by atoms with van der Waals surface area (Å²) in [5.74, 6) is -1.27. The van der Waals surface area contributed by atoms with Gasteiger partial charge < -0.3 is 5.11 Å². The molecule has 1 N–H and O–H groups in total. The Hall–Kier alpha value is -2.08. The normalized spacial score (nSPS) is 16.2. The fourth-order valence-electron chi connectivity index (χ4n) is 2.33. The van der Waals surface area contributed by atoms with E-state index in [1.807, 2.05) is 4.90 Å². The molecule has 0 aliphatic carbocycles. The molecule has 0 saturated heterocycles. The minimum atomic E-state index is -0.992. The standard InChI is InChI=1S/C14H15FN2O3/c15-12-4-2-1-3-10(12)8-17-6-5-13(16-20)11(9-17)7-14(18)19/h1-4H,5-9H2,(H,18,19). The number of hydrogen-bond donors (Lipinski definition) is 1. The van der Waals surface area contributed by atoms with Crippen molar-refractivity contribution in [3.05, 3.63) is 51.8 Å². The van der Waals surface area contributed by atoms with Gasteiger partial charge in [0.05, 0.1) is 12.1 Å². The van der Waals surface area contributed by atoms with Crippen molar-refractivity contribution in [2.45, 2.75) is 19.4 Å². The minimum absolute atomic E-state index is 0.200. The van der Waals surface area contributed by atoms with Crippen molar-refractivity contribution in [1.82, 2.24) is 4.90 Å². The Bertz CT molecular complexity index is 557. The Morgan fingerprint density at radius 1 is 1.40 bits per heavy atom. The van der Waals surface area contributed by atoms with E-state index >= 15 is 0 Å². The molecule has 1 aromatic rings. The molecule has 0 spiro atoms. The molecule has 1 aliphatic rings. The van der Waals surface area contributed by atoms with Crippen LogP contribution in [0.15, 0.2) is 40.7 Å². The van der Waals surface area contributed by atoms with Crippen LogP contribution >= 0.6 is 0 Å². The summed E-state index contributed by atoms with van der Waals surface area (Å²) >= 11 is 0. The second kappa shape index (κ2) is 6.38. The minimum Gasteiger partial charge on any atom is -0.481 e. The first-order chi connectivity index (χ1) is 9.60. The van der Waals surface area contributed by atoms with Gasteiger partial charge in [-0.05, 0) is 16.8 Å². The van der Waals surface area contributed by atoms with Gasteiger partial charge in [0.25, 0.3) is 0 Å². The number of carboxylic acids is 1. The maximum absolute atomic E-state index is 13.6. The number of nitrogens with zero attached hydrogens (tertiary/aromatic N) is 2. The molecule has 0 radical (unpaired) electrons. The number of nitroso groups, excluding NO2 is 1. The summed E-state index contributed by atoms with van der Waals surface area (Å²) < 4.78 is 13.6. The van der Waals surface area contributed by atoms with Crippen molar-refractivity contribution in [2.24, 2.45) is 5.18 Å². The first-order valence-electron chi connectivity index (χ1n) is 6.32. The summed E-state index contributed by atoms with van der Waals surface area (Å²) in [7, 11) is 0. The van der Waals surface area contributed by atoms with Gasteiger partial charge in [0.1, 0.15) is 5.82 Å². The molecule has 0 unspecified atom stereocenters. The monoisotopic (exact) mass is 278 g/mol. The Labute approximate surface area is 115 Å². The van der Waals surface area contributed by atoms with Gasteiger partial charge in [0.2, 0.25) is 0 Å². The Balaban J connectivity index is 2.10. The van der Waals surface area contributed by atoms with Gasteiger partial charge in [-0.15, -0.1) is 4.91 Å². The van der Waals surface area contributed by atoms with Crippen LogP contribution in [-0.2, 0) is 11.3 Å². The van der Waals surface area contributed by atoms with E-state index in [0.29, 0.717) is 42.9 Å². The summed E-state index contributed by atoms with van der Waals surface area (Å²) in [6.45, 7) is 1.29. The zero-order valence-corrected chi connectivity index (χ0v) is 10.9. The zero-order chi connectivity index (χ0) is 14.5. The van der Waals surface area contributed by atoms with E-state index in [9.17, 15) is 14.1 Å². The van der Waals surface area contributed by atoms with E-state index in [0.717, 1.165) is 0 Å². The van der Waals surface area contributed by atoms with Crippen LogP contribution in [0.5, 0.6) is 0 Å². The number of rotatable bonds is 5. The van der Waals surface area contributed by atoms with E-state index in [4.69, 9.17) is 5.11 Å². The molecule has 0 amide bonds. The van der Waals surface area contributed by atoms with Crippen molar-refractivity contribution in [2.75, 3.05) is 13.1 Å². The smallest absolute Gasteiger partial charge is 0.307 e. The predicted octanol–water partition coefficient (Wildman–Crippen LogP) is 2.53. The lowest BCUT2D eigenvalue weighted by atomic mass is 10.0. The lowest BCUT2D eigenvalue weighted by Gasteiger charge is -2.28. The molecule has 2 rings (SSSR count). The molecule has 0 fully saturated rings. The van der Waals surface area contributed by atoms with E-state index < -0.39 is 5.97 Å². The molecular weight excluding hydrogens is 263 g/mol. The van der Waals surface area contributed by atoms with Crippen LogP contribution in [0.4, 0.5) is 4.39 Å². The predicted molar refractivity (Wildman–Crippen MR) is 71.4 cm³/mol. The number of aliphatic carboxylic acids is 1. The highest BCUT2D eigenvalue weighted by atomic mass is 19.1. The quantitative estimate of drug-likeness (QED) is 0.840. The highest BCUT2D eigenvalue weighted by molar-refractivity contribution is 5.70. The maximum Gasteiger partial charge on any atom is 0.307 e. The van der Waals surface area contributed by atoms with Crippen LogP contribution in [0.2, 0.25) is 0 Å². The average Bonchev–Trinajstić information content (AvgIpc) is 2.41. The van der Waals surface area contributed by atoms with Crippen LogP contribution < -0.4 is 0 Å². The van der Waals surface area contributed by atoms with Crippen molar-refractivity contribution >= 4 is 5.97 Å². The highest BCUT2D eigenvalue weighted by Gasteiger charge is 2.22. The van der Waals surface area contributed by atoms with Gasteiger partial charge in [-0.25, -0.2) is 4.39 Å². The van der Waals surface area contributed by atoms with Crippen molar-refractivity contribution in [3.63, 3.8) is 0 Å². The second-order valence-corrected chi connectivity index (χ2v) is 4.76. The van der Waals surface area contributed by atoms with Gasteiger partial charge in [0.15, 0.2) is 0 Å². The number of hydrogen-bond acceptors (Lipinski definition) is 4. The average molecular weight is 278 g/mol. The van der Waals surface area contributed by atoms with Gasteiger partial charge >= 0.3 is 5.97 Å². The molecule has 6 heteroatoms. The molecule has 0 aromatic heterocycles. The van der Waals surface area contributed by atoms with E-state index in [2.05, 4.69) is 5.18 Å². The van der Waals surface area contributed by atoms with Crippen LogP contribution in [0.3, 0.4) is 0 Å². The van der Waals surface area contributed by atoms with Crippen molar-refractivity contribution in [3.8, 4) is 0 Å². The third-order valence-electron chi connectivity index (χ3n) is 3.31. The number of benzene rings is 1. The molecule has 1 aromatic carbocycles. The largest absolute Gasteiger partial charge is 0.481 e. The van der Waals surface area contributed by atoms with Gasteiger partial charge in [-0.3, -0.25) is 9.69 Å². The van der Waals surface area contributed by atoms with Gasteiger partial charge in [-0.2, -0.15) is 0 Å². The van der Waals surface area contributed by atoms with E-state index in [-0.39, 0.29) is 12.2 Å². The molecule has 5 nitrogen and oxygen atoms in total. The third-order valence-corrected chi connectivity index (χ3v) is 3.31. The molecule has 0 atom stereocenters. The van der Waals surface area contributed by atoms with Crippen molar-refractivity contribution in [1.29, 1.82) is 0 Å². The van der Waals surface area contributed by atoms with Gasteiger partial charge in [-0.1, -0.05) is 18.2 Å². The Morgan fingerprint density at radius 2 is 2.15 bits per heavy atom. The molecule has 106 valence electrons. The molecule has 0 bridgehead atoms. The van der Waals surface area contributed by atoms with Crippen LogP contribution in [0.1, 0.15) is 18.4 Å². The lowest BCUT2D eigenvalue weighted by Crippen LogP contribution is -2.32. The first kappa shape index (κ1) is 14.3. The Morgan fingerprint density at radius 3 is 2.80 bits per heavy atom. The number of halogens is 1. The molecule has 20 heavy (non-hydrogen) atoms. The summed E-state index contributed by atoms with van der Waals surface area (Å²) in [4.78, 5) is 23.4. The second-order valence-electron chi connectivity index (χ2n) is 4.76. The fraction of sp³-hybridized carbons (Fsp3) is 0.357. The fourth-order valence-corrected chi connectivity index (χ4v) is 2.33. The summed E-state index contributed by atoms with van der Waals surface area (Å²) in [5.41, 5.74) is 1.39. The van der Waals surface area contributed by atoms with E-state index in [1.54, 1.807) is 18.2 Å². The first-order valence-corrected chi connectivity index (χ1v) is 6.32. The van der Waals surface area contributed by atoms with Crippen LogP contribution in [0.25, 0.3) is 0 Å². The zero-order valence-electron chi connectivity index (χ0n) is 10.9. The van der Waals surface area contributed by atoms with Gasteiger partial charge in [0, 0.05) is 31.6 Å². The number of carbonyl (C=O) groups is 1. The highest BCUT2D eigenvalue weighted by Crippen LogP contribution is 2.23. The molecular formula is C14H15FN2O3. The summed E-state index contributed by atoms with van der Waals surface area (Å²) in [5, 5.41) is 11.7. The summed E-state index contributed by atoms with van der Waals surface area (Å²) in [6.07, 6.45) is 0.204. The van der Waals surface area contributed by atoms with Crippen LogP contribution in [0, 0.1) is 10.7 Å².